The fraction of sp³-hybridized carbons (Fsp3) is 0.750. The Bertz CT molecular complexity index is 484. The number of rotatable bonds is 7. The van der Waals surface area contributed by atoms with Crippen molar-refractivity contribution in [2.24, 2.45) is 4.99 Å². The van der Waals surface area contributed by atoms with Gasteiger partial charge in [-0.1, -0.05) is 0 Å². The van der Waals surface area contributed by atoms with Crippen LogP contribution in [0.1, 0.15) is 43.8 Å². The monoisotopic (exact) mass is 468 g/mol. The summed E-state index contributed by atoms with van der Waals surface area (Å²) in [7, 11) is 0. The zero-order chi connectivity index (χ0) is 15.8. The van der Waals surface area contributed by atoms with Crippen LogP contribution in [0, 0.1) is 6.92 Å². The number of aromatic nitrogens is 1. The summed E-state index contributed by atoms with van der Waals surface area (Å²) in [5.41, 5.74) is 1.13. The van der Waals surface area contributed by atoms with E-state index < -0.39 is 0 Å². The summed E-state index contributed by atoms with van der Waals surface area (Å²) in [5.74, 6) is 2.23. The van der Waals surface area contributed by atoms with E-state index in [1.54, 1.807) is 11.3 Å². The SMILES string of the molecule is CCNC(=NCC1(C)CCCS1)NCCCc1nc(C)cs1.I. The molecule has 0 radical (unpaired) electrons. The molecule has 4 nitrogen and oxygen atoms in total. The van der Waals surface area contributed by atoms with Crippen molar-refractivity contribution in [3.05, 3.63) is 16.1 Å². The fourth-order valence-electron chi connectivity index (χ4n) is 2.51. The van der Waals surface area contributed by atoms with Gasteiger partial charge in [-0.15, -0.1) is 35.3 Å². The predicted molar refractivity (Wildman–Crippen MR) is 115 cm³/mol. The van der Waals surface area contributed by atoms with Gasteiger partial charge in [-0.2, -0.15) is 11.8 Å². The number of thiazole rings is 1. The van der Waals surface area contributed by atoms with Crippen molar-refractivity contribution in [1.29, 1.82) is 0 Å². The van der Waals surface area contributed by atoms with Gasteiger partial charge in [-0.3, -0.25) is 4.99 Å². The highest BCUT2D eigenvalue weighted by atomic mass is 127. The second kappa shape index (κ2) is 10.8. The Balaban J connectivity index is 0.00000264. The first kappa shape index (κ1) is 21.0. The van der Waals surface area contributed by atoms with Gasteiger partial charge in [0.15, 0.2) is 5.96 Å². The molecule has 1 aliphatic heterocycles. The minimum atomic E-state index is 0. The van der Waals surface area contributed by atoms with Crippen LogP contribution in [0.25, 0.3) is 0 Å². The lowest BCUT2D eigenvalue weighted by atomic mass is 10.1. The van der Waals surface area contributed by atoms with Crippen molar-refractivity contribution < 1.29 is 0 Å². The maximum atomic E-state index is 4.78. The molecule has 1 atom stereocenters. The number of hydrogen-bond acceptors (Lipinski definition) is 4. The first-order valence-corrected chi connectivity index (χ1v) is 10.0. The smallest absolute Gasteiger partial charge is 0.191 e. The molecule has 0 spiro atoms. The van der Waals surface area contributed by atoms with Gasteiger partial charge < -0.3 is 10.6 Å². The van der Waals surface area contributed by atoms with Crippen molar-refractivity contribution in [3.63, 3.8) is 0 Å². The van der Waals surface area contributed by atoms with E-state index in [4.69, 9.17) is 4.99 Å². The molecule has 2 rings (SSSR count). The molecule has 1 aliphatic rings. The summed E-state index contributed by atoms with van der Waals surface area (Å²) < 4.78 is 0.334. The van der Waals surface area contributed by atoms with Crippen LogP contribution in [0.3, 0.4) is 0 Å². The zero-order valence-corrected chi connectivity index (χ0v) is 18.3. The predicted octanol–water partition coefficient (Wildman–Crippen LogP) is 3.84. The molecule has 0 bridgehead atoms. The van der Waals surface area contributed by atoms with Crippen LogP contribution in [0.2, 0.25) is 0 Å². The largest absolute Gasteiger partial charge is 0.357 e. The Kier molecular flexibility index (Phi) is 9.84. The standard InChI is InChI=1S/C16H28N4S2.HI/c1-4-17-15(19-12-16(3)8-6-10-22-16)18-9-5-7-14-20-13(2)11-21-14;/h11H,4-10,12H2,1-3H3,(H2,17,18,19);1H. The van der Waals surface area contributed by atoms with Gasteiger partial charge in [0.2, 0.25) is 0 Å². The third-order valence-corrected chi connectivity index (χ3v) is 6.29. The molecule has 0 aliphatic carbocycles. The highest BCUT2D eigenvalue weighted by molar-refractivity contribution is 14.0. The average molecular weight is 468 g/mol. The minimum absolute atomic E-state index is 0. The number of hydrogen-bond donors (Lipinski definition) is 2. The summed E-state index contributed by atoms with van der Waals surface area (Å²) in [6.07, 6.45) is 4.74. The highest BCUT2D eigenvalue weighted by Gasteiger charge is 2.29. The summed E-state index contributed by atoms with van der Waals surface area (Å²) in [6.45, 7) is 9.24. The lowest BCUT2D eigenvalue weighted by Gasteiger charge is -2.21. The molecule has 2 heterocycles. The second-order valence-electron chi connectivity index (χ2n) is 6.01. The molecule has 1 saturated heterocycles. The van der Waals surface area contributed by atoms with Crippen LogP contribution in [0.5, 0.6) is 0 Å². The normalized spacial score (nSPS) is 21.1. The van der Waals surface area contributed by atoms with Crippen LogP contribution in [0.15, 0.2) is 10.4 Å². The average Bonchev–Trinajstić information content (AvgIpc) is 3.10. The van der Waals surface area contributed by atoms with Crippen molar-refractivity contribution in [2.75, 3.05) is 25.4 Å². The Morgan fingerprint density at radius 2 is 2.26 bits per heavy atom. The van der Waals surface area contributed by atoms with Crippen LogP contribution in [-0.2, 0) is 6.42 Å². The molecular weight excluding hydrogens is 439 g/mol. The molecule has 1 aromatic heterocycles. The summed E-state index contributed by atoms with van der Waals surface area (Å²) >= 11 is 3.82. The third-order valence-electron chi connectivity index (χ3n) is 3.74. The van der Waals surface area contributed by atoms with Crippen LogP contribution >= 0.6 is 47.1 Å². The Hall–Kier alpha value is -0.0200. The van der Waals surface area contributed by atoms with Crippen molar-refractivity contribution >= 4 is 53.0 Å². The van der Waals surface area contributed by atoms with Gasteiger partial charge in [0.25, 0.3) is 0 Å². The molecule has 7 heteroatoms. The van der Waals surface area contributed by atoms with Gasteiger partial charge in [0, 0.05) is 35.3 Å². The van der Waals surface area contributed by atoms with Crippen LogP contribution in [0.4, 0.5) is 0 Å². The molecule has 132 valence electrons. The van der Waals surface area contributed by atoms with Crippen LogP contribution < -0.4 is 10.6 Å². The first-order chi connectivity index (χ1) is 10.6. The third kappa shape index (κ3) is 7.60. The van der Waals surface area contributed by atoms with Gasteiger partial charge >= 0.3 is 0 Å². The van der Waals surface area contributed by atoms with Gasteiger partial charge in [0.1, 0.15) is 0 Å². The van der Waals surface area contributed by atoms with Gasteiger partial charge in [-0.05, 0) is 45.8 Å². The van der Waals surface area contributed by atoms with Crippen molar-refractivity contribution in [1.82, 2.24) is 15.6 Å². The zero-order valence-electron chi connectivity index (χ0n) is 14.4. The van der Waals surface area contributed by atoms with Crippen molar-refractivity contribution in [3.8, 4) is 0 Å². The minimum Gasteiger partial charge on any atom is -0.357 e. The number of aliphatic imine (C=N–C) groups is 1. The number of nitrogens with one attached hydrogen (secondary N) is 2. The topological polar surface area (TPSA) is 49.3 Å². The number of thioether (sulfide) groups is 1. The molecule has 1 aromatic rings. The van der Waals surface area contributed by atoms with E-state index in [2.05, 4.69) is 53.5 Å². The number of halogens is 1. The number of aryl methyl sites for hydroxylation is 2. The Labute approximate surface area is 165 Å². The lowest BCUT2D eigenvalue weighted by molar-refractivity contribution is 0.614. The number of guanidine groups is 1. The molecule has 23 heavy (non-hydrogen) atoms. The maximum Gasteiger partial charge on any atom is 0.191 e. The maximum absolute atomic E-state index is 4.78. The van der Waals surface area contributed by atoms with E-state index in [1.165, 1.54) is 23.6 Å². The van der Waals surface area contributed by atoms with Gasteiger partial charge in [-0.25, -0.2) is 4.98 Å². The highest BCUT2D eigenvalue weighted by Crippen LogP contribution is 2.37. The van der Waals surface area contributed by atoms with Crippen molar-refractivity contribution in [2.45, 2.75) is 51.2 Å². The van der Waals surface area contributed by atoms with E-state index >= 15 is 0 Å². The summed E-state index contributed by atoms with van der Waals surface area (Å²) in [4.78, 5) is 9.28. The Morgan fingerprint density at radius 3 is 2.87 bits per heavy atom. The molecular formula is C16H29IN4S2. The fourth-order valence-corrected chi connectivity index (χ4v) is 4.56. The van der Waals surface area contributed by atoms with E-state index in [0.717, 1.165) is 44.1 Å². The number of nitrogens with zero attached hydrogens (tertiary/aromatic N) is 2. The summed E-state index contributed by atoms with van der Waals surface area (Å²) in [6, 6.07) is 0. The molecule has 1 unspecified atom stereocenters. The molecule has 2 N–H and O–H groups in total. The lowest BCUT2D eigenvalue weighted by Crippen LogP contribution is -2.39. The van der Waals surface area contributed by atoms with Gasteiger partial charge in [0.05, 0.1) is 11.6 Å². The summed E-state index contributed by atoms with van der Waals surface area (Å²) in [5, 5.41) is 10.1. The molecule has 1 fully saturated rings. The van der Waals surface area contributed by atoms with E-state index in [-0.39, 0.29) is 24.0 Å². The first-order valence-electron chi connectivity index (χ1n) is 8.18. The Morgan fingerprint density at radius 1 is 1.43 bits per heavy atom. The van der Waals surface area contributed by atoms with E-state index in [1.807, 2.05) is 0 Å². The molecule has 0 saturated carbocycles. The van der Waals surface area contributed by atoms with E-state index in [0.29, 0.717) is 4.75 Å². The van der Waals surface area contributed by atoms with Crippen LogP contribution in [-0.4, -0.2) is 41.1 Å². The second-order valence-corrected chi connectivity index (χ2v) is 8.64. The molecule has 0 amide bonds. The molecule has 0 aromatic carbocycles. The van der Waals surface area contributed by atoms with E-state index in [9.17, 15) is 0 Å². The quantitative estimate of drug-likeness (QED) is 0.276.